The third kappa shape index (κ3) is 4.89. The molecule has 118 valence electrons. The lowest BCUT2D eigenvalue weighted by Crippen LogP contribution is -2.15. The Hall–Kier alpha value is -2.90. The first-order valence-electron chi connectivity index (χ1n) is 6.54. The van der Waals surface area contributed by atoms with Crippen LogP contribution in [-0.2, 0) is 4.74 Å². The van der Waals surface area contributed by atoms with Gasteiger partial charge >= 0.3 is 5.97 Å². The molecule has 1 atom stereocenters. The van der Waals surface area contributed by atoms with Crippen LogP contribution in [0.5, 0.6) is 0 Å². The highest BCUT2D eigenvalue weighted by atomic mass is 16.9. The Labute approximate surface area is 127 Å². The molecule has 0 fully saturated rings. The molecule has 1 aromatic carbocycles. The number of hydrogen-bond acceptors (Lipinski definition) is 5. The van der Waals surface area contributed by atoms with Gasteiger partial charge in [-0.15, -0.1) is 10.1 Å². The fraction of sp³-hybridized carbons (Fsp3) is 0.286. The van der Waals surface area contributed by atoms with Crippen LogP contribution >= 0.6 is 0 Å². The standard InChI is InChI=1S/C14H16N2O2.HNO3/c1-3-18-14(17)13-9-15-10-16(13)11(2)12-7-5-4-6-8-12;2-1(3)4/h4-11H,3H2,1-2H3;(H,2,3,4)/t11-;/m0./s1. The van der Waals surface area contributed by atoms with E-state index in [-0.39, 0.29) is 12.0 Å². The average Bonchev–Trinajstić information content (AvgIpc) is 2.96. The number of ether oxygens (including phenoxy) is 1. The SMILES string of the molecule is CCOC(=O)c1cncn1[C@@H](C)c1ccccc1.O=[N+]([O-])O. The van der Waals surface area contributed by atoms with Crippen LogP contribution in [0.3, 0.4) is 0 Å². The highest BCUT2D eigenvalue weighted by Crippen LogP contribution is 2.19. The van der Waals surface area contributed by atoms with Crippen LogP contribution in [0.2, 0.25) is 0 Å². The van der Waals surface area contributed by atoms with Crippen LogP contribution < -0.4 is 0 Å². The average molecular weight is 307 g/mol. The van der Waals surface area contributed by atoms with E-state index in [1.807, 2.05) is 41.8 Å². The summed E-state index contributed by atoms with van der Waals surface area (Å²) in [5.74, 6) is -0.335. The molecule has 0 aliphatic carbocycles. The number of hydrogen-bond donors (Lipinski definition) is 1. The fourth-order valence-electron chi connectivity index (χ4n) is 1.87. The van der Waals surface area contributed by atoms with Gasteiger partial charge in [0, 0.05) is 0 Å². The van der Waals surface area contributed by atoms with Gasteiger partial charge in [-0.3, -0.25) is 0 Å². The Morgan fingerprint density at radius 3 is 2.59 bits per heavy atom. The van der Waals surface area contributed by atoms with Gasteiger partial charge in [0.25, 0.3) is 5.09 Å². The Bertz CT molecular complexity index is 608. The minimum Gasteiger partial charge on any atom is -0.461 e. The lowest BCUT2D eigenvalue weighted by Gasteiger charge is -2.16. The summed E-state index contributed by atoms with van der Waals surface area (Å²) in [5.41, 5.74) is 1.61. The number of esters is 1. The number of aromatic nitrogens is 2. The normalized spacial score (nSPS) is 11.0. The molecule has 22 heavy (non-hydrogen) atoms. The number of benzene rings is 1. The third-order valence-electron chi connectivity index (χ3n) is 2.85. The highest BCUT2D eigenvalue weighted by molar-refractivity contribution is 5.87. The minimum absolute atomic E-state index is 0.0492. The molecule has 1 aromatic heterocycles. The summed E-state index contributed by atoms with van der Waals surface area (Å²) in [5, 5.41) is 13.6. The van der Waals surface area contributed by atoms with Crippen molar-refractivity contribution in [3.8, 4) is 0 Å². The second-order valence-electron chi connectivity index (χ2n) is 4.23. The molecular weight excluding hydrogens is 290 g/mol. The fourth-order valence-corrected chi connectivity index (χ4v) is 1.87. The smallest absolute Gasteiger partial charge is 0.356 e. The molecule has 0 bridgehead atoms. The molecular formula is C14H17N3O5. The lowest BCUT2D eigenvalue weighted by atomic mass is 10.1. The number of imidazole rings is 1. The van der Waals surface area contributed by atoms with Gasteiger partial charge in [-0.25, -0.2) is 9.78 Å². The second kappa shape index (κ2) is 8.40. The van der Waals surface area contributed by atoms with E-state index in [0.29, 0.717) is 12.3 Å². The van der Waals surface area contributed by atoms with E-state index in [2.05, 4.69) is 4.98 Å². The van der Waals surface area contributed by atoms with E-state index in [1.165, 1.54) is 6.20 Å². The van der Waals surface area contributed by atoms with Crippen molar-refractivity contribution in [2.45, 2.75) is 19.9 Å². The van der Waals surface area contributed by atoms with Crippen molar-refractivity contribution >= 4 is 5.97 Å². The van der Waals surface area contributed by atoms with E-state index < -0.39 is 5.09 Å². The van der Waals surface area contributed by atoms with E-state index in [9.17, 15) is 4.79 Å². The summed E-state index contributed by atoms with van der Waals surface area (Å²) in [6, 6.07) is 10.0. The zero-order valence-electron chi connectivity index (χ0n) is 12.2. The quantitative estimate of drug-likeness (QED) is 0.527. The lowest BCUT2D eigenvalue weighted by molar-refractivity contribution is -0.742. The number of nitrogens with zero attached hydrogens (tertiary/aromatic N) is 3. The molecule has 0 spiro atoms. The van der Waals surface area contributed by atoms with Crippen LogP contribution in [0.15, 0.2) is 42.9 Å². The molecule has 0 radical (unpaired) electrons. The molecule has 2 aromatic rings. The Morgan fingerprint density at radius 1 is 1.45 bits per heavy atom. The van der Waals surface area contributed by atoms with Crippen molar-refractivity contribution < 1.29 is 19.8 Å². The van der Waals surface area contributed by atoms with Gasteiger partial charge in [-0.2, -0.15) is 0 Å². The predicted molar refractivity (Wildman–Crippen MR) is 77.2 cm³/mol. The van der Waals surface area contributed by atoms with Gasteiger partial charge in [0.15, 0.2) is 0 Å². The Morgan fingerprint density at radius 2 is 2.05 bits per heavy atom. The third-order valence-corrected chi connectivity index (χ3v) is 2.85. The maximum Gasteiger partial charge on any atom is 0.356 e. The van der Waals surface area contributed by atoms with Crippen LogP contribution in [0, 0.1) is 10.1 Å². The molecule has 8 heteroatoms. The summed E-state index contributed by atoms with van der Waals surface area (Å²) in [6.07, 6.45) is 3.20. The van der Waals surface area contributed by atoms with Crippen LogP contribution in [0.4, 0.5) is 0 Å². The Kier molecular flexibility index (Phi) is 6.55. The first kappa shape index (κ1) is 17.2. The monoisotopic (exact) mass is 307 g/mol. The van der Waals surface area contributed by atoms with Crippen LogP contribution in [0.25, 0.3) is 0 Å². The van der Waals surface area contributed by atoms with Gasteiger partial charge < -0.3 is 14.5 Å². The molecule has 0 unspecified atom stereocenters. The molecule has 0 amide bonds. The van der Waals surface area contributed by atoms with Crippen molar-refractivity contribution in [2.75, 3.05) is 6.61 Å². The zero-order valence-corrected chi connectivity index (χ0v) is 12.2. The first-order valence-corrected chi connectivity index (χ1v) is 6.54. The maximum atomic E-state index is 11.8. The first-order chi connectivity index (χ1) is 10.5. The topological polar surface area (TPSA) is 107 Å². The number of carbonyl (C=O) groups is 1. The van der Waals surface area contributed by atoms with Crippen molar-refractivity contribution in [2.24, 2.45) is 0 Å². The van der Waals surface area contributed by atoms with E-state index in [1.54, 1.807) is 13.3 Å². The molecule has 8 nitrogen and oxygen atoms in total. The molecule has 0 aliphatic rings. The van der Waals surface area contributed by atoms with Crippen molar-refractivity contribution in [3.63, 3.8) is 0 Å². The van der Waals surface area contributed by atoms with E-state index in [4.69, 9.17) is 20.1 Å². The molecule has 0 aliphatic heterocycles. The number of carbonyl (C=O) groups excluding carboxylic acids is 1. The summed E-state index contributed by atoms with van der Waals surface area (Å²) in [4.78, 5) is 24.2. The van der Waals surface area contributed by atoms with Crippen molar-refractivity contribution in [1.29, 1.82) is 0 Å². The van der Waals surface area contributed by atoms with Gasteiger partial charge in [0.05, 0.1) is 25.2 Å². The molecule has 0 saturated carbocycles. The van der Waals surface area contributed by atoms with E-state index in [0.717, 1.165) is 5.56 Å². The highest BCUT2D eigenvalue weighted by Gasteiger charge is 2.17. The van der Waals surface area contributed by atoms with Gasteiger partial charge in [0.1, 0.15) is 5.69 Å². The summed E-state index contributed by atoms with van der Waals surface area (Å²) in [7, 11) is 0. The van der Waals surface area contributed by atoms with Crippen LogP contribution in [-0.4, -0.2) is 32.4 Å². The Balaban J connectivity index is 0.000000541. The molecule has 2 rings (SSSR count). The zero-order chi connectivity index (χ0) is 16.5. The van der Waals surface area contributed by atoms with Gasteiger partial charge in [-0.05, 0) is 19.4 Å². The van der Waals surface area contributed by atoms with E-state index >= 15 is 0 Å². The van der Waals surface area contributed by atoms with Gasteiger partial charge in [-0.1, -0.05) is 30.3 Å². The molecule has 1 N–H and O–H groups in total. The number of rotatable bonds is 4. The summed E-state index contributed by atoms with van der Waals surface area (Å²) < 4.78 is 6.84. The molecule has 0 saturated heterocycles. The second-order valence-corrected chi connectivity index (χ2v) is 4.23. The minimum atomic E-state index is -1.50. The summed E-state index contributed by atoms with van der Waals surface area (Å²) >= 11 is 0. The van der Waals surface area contributed by atoms with Crippen molar-refractivity contribution in [3.05, 3.63) is 64.2 Å². The predicted octanol–water partition coefficient (Wildman–Crippen LogP) is 2.32. The maximum absolute atomic E-state index is 11.8. The van der Waals surface area contributed by atoms with Crippen molar-refractivity contribution in [1.82, 2.24) is 9.55 Å². The largest absolute Gasteiger partial charge is 0.461 e. The molecule has 1 heterocycles. The summed E-state index contributed by atoms with van der Waals surface area (Å²) in [6.45, 7) is 4.18. The van der Waals surface area contributed by atoms with Crippen LogP contribution in [0.1, 0.15) is 35.9 Å². The van der Waals surface area contributed by atoms with Gasteiger partial charge in [0.2, 0.25) is 0 Å².